The lowest BCUT2D eigenvalue weighted by atomic mass is 10.1. The molecule has 3 aromatic carbocycles. The van der Waals surface area contributed by atoms with Crippen molar-refractivity contribution in [2.45, 2.75) is 17.1 Å². The highest BCUT2D eigenvalue weighted by molar-refractivity contribution is 8.00. The third-order valence-corrected chi connectivity index (χ3v) is 5.42. The van der Waals surface area contributed by atoms with E-state index in [1.807, 2.05) is 54.6 Å². The van der Waals surface area contributed by atoms with Crippen LogP contribution in [-0.4, -0.2) is 18.8 Å². The number of anilines is 1. The molecule has 1 N–H and O–H groups in total. The highest BCUT2D eigenvalue weighted by Gasteiger charge is 2.22. The highest BCUT2D eigenvalue weighted by atomic mass is 32.2. The van der Waals surface area contributed by atoms with Gasteiger partial charge in [0, 0.05) is 16.1 Å². The summed E-state index contributed by atoms with van der Waals surface area (Å²) in [4.78, 5) is 25.6. The van der Waals surface area contributed by atoms with Crippen LogP contribution in [-0.2, 0) is 4.79 Å². The van der Waals surface area contributed by atoms with Crippen molar-refractivity contribution < 1.29 is 14.3 Å². The molecule has 0 aliphatic rings. The minimum Gasteiger partial charge on any atom is -0.497 e. The molecule has 3 aromatic rings. The average Bonchev–Trinajstić information content (AvgIpc) is 2.73. The summed E-state index contributed by atoms with van der Waals surface area (Å²) in [6.07, 6.45) is 0. The molecule has 5 heteroatoms. The zero-order valence-corrected chi connectivity index (χ0v) is 16.5. The predicted molar refractivity (Wildman–Crippen MR) is 113 cm³/mol. The number of thioether (sulfide) groups is 1. The van der Waals surface area contributed by atoms with E-state index in [-0.39, 0.29) is 11.7 Å². The minimum atomic E-state index is -0.450. The van der Waals surface area contributed by atoms with E-state index in [1.165, 1.54) is 18.7 Å². The third-order valence-electron chi connectivity index (χ3n) is 4.17. The molecule has 0 radical (unpaired) electrons. The Labute approximate surface area is 168 Å². The second kappa shape index (κ2) is 9.24. The van der Waals surface area contributed by atoms with Gasteiger partial charge in [-0.3, -0.25) is 9.59 Å². The molecule has 0 spiro atoms. The van der Waals surface area contributed by atoms with Gasteiger partial charge in [0.1, 0.15) is 11.0 Å². The van der Waals surface area contributed by atoms with Gasteiger partial charge < -0.3 is 10.1 Å². The van der Waals surface area contributed by atoms with Gasteiger partial charge in [0.25, 0.3) is 0 Å². The van der Waals surface area contributed by atoms with Gasteiger partial charge in [-0.05, 0) is 42.8 Å². The average molecular weight is 391 g/mol. The van der Waals surface area contributed by atoms with E-state index in [2.05, 4.69) is 5.32 Å². The van der Waals surface area contributed by atoms with E-state index in [0.717, 1.165) is 16.2 Å². The zero-order valence-electron chi connectivity index (χ0n) is 15.7. The Morgan fingerprint density at radius 1 is 0.929 bits per heavy atom. The van der Waals surface area contributed by atoms with Gasteiger partial charge in [-0.15, -0.1) is 11.8 Å². The van der Waals surface area contributed by atoms with E-state index in [4.69, 9.17) is 4.74 Å². The Hall–Kier alpha value is -3.05. The van der Waals surface area contributed by atoms with Gasteiger partial charge in [-0.25, -0.2) is 0 Å². The fourth-order valence-corrected chi connectivity index (χ4v) is 3.81. The second-order valence-corrected chi connectivity index (χ2v) is 7.39. The van der Waals surface area contributed by atoms with Crippen LogP contribution in [0.5, 0.6) is 5.75 Å². The second-order valence-electron chi connectivity index (χ2n) is 6.21. The van der Waals surface area contributed by atoms with Gasteiger partial charge in [0.15, 0.2) is 5.78 Å². The van der Waals surface area contributed by atoms with Crippen molar-refractivity contribution in [2.75, 3.05) is 12.4 Å². The van der Waals surface area contributed by atoms with Crippen molar-refractivity contribution in [1.82, 2.24) is 0 Å². The van der Waals surface area contributed by atoms with Gasteiger partial charge in [0.05, 0.1) is 7.11 Å². The molecule has 0 aliphatic heterocycles. The lowest BCUT2D eigenvalue weighted by molar-refractivity contribution is -0.115. The summed E-state index contributed by atoms with van der Waals surface area (Å²) >= 11 is 1.45. The Morgan fingerprint density at radius 3 is 2.39 bits per heavy atom. The smallest absolute Gasteiger partial charge is 0.242 e. The number of methoxy groups -OCH3 is 1. The number of ether oxygens (including phenoxy) is 1. The van der Waals surface area contributed by atoms with Crippen LogP contribution in [0.2, 0.25) is 0 Å². The third kappa shape index (κ3) is 5.02. The summed E-state index contributed by atoms with van der Waals surface area (Å²) in [7, 11) is 1.62. The zero-order chi connectivity index (χ0) is 19.9. The minimum absolute atomic E-state index is 0.0403. The van der Waals surface area contributed by atoms with Crippen molar-refractivity contribution >= 4 is 29.1 Å². The Balaban J connectivity index is 1.87. The summed E-state index contributed by atoms with van der Waals surface area (Å²) in [5.41, 5.74) is 2.06. The largest absolute Gasteiger partial charge is 0.497 e. The number of nitrogens with one attached hydrogen (secondary N) is 1. The number of benzene rings is 3. The van der Waals surface area contributed by atoms with Crippen LogP contribution in [0.25, 0.3) is 0 Å². The molecule has 4 nitrogen and oxygen atoms in total. The molecule has 142 valence electrons. The molecular weight excluding hydrogens is 370 g/mol. The Bertz CT molecular complexity index is 972. The molecule has 1 amide bonds. The lowest BCUT2D eigenvalue weighted by Crippen LogP contribution is -2.19. The molecular formula is C23H21NO3S. The number of rotatable bonds is 7. The molecule has 3 rings (SSSR count). The monoisotopic (exact) mass is 391 g/mol. The van der Waals surface area contributed by atoms with E-state index in [1.54, 1.807) is 31.4 Å². The maximum absolute atomic E-state index is 13.1. The molecule has 0 saturated carbocycles. The number of amides is 1. The topological polar surface area (TPSA) is 55.4 Å². The first-order chi connectivity index (χ1) is 13.6. The number of hydrogen-bond acceptors (Lipinski definition) is 4. The number of Topliss-reactive ketones (excluding diaryl/α,β-unsaturated/α-hetero) is 1. The normalized spacial score (nSPS) is 11.5. The number of hydrogen-bond donors (Lipinski definition) is 1. The lowest BCUT2D eigenvalue weighted by Gasteiger charge is -2.17. The summed E-state index contributed by atoms with van der Waals surface area (Å²) in [6, 6.07) is 24.2. The molecule has 0 heterocycles. The quantitative estimate of drug-likeness (QED) is 0.434. The molecule has 0 saturated heterocycles. The van der Waals surface area contributed by atoms with Crippen LogP contribution in [0.4, 0.5) is 5.69 Å². The van der Waals surface area contributed by atoms with Crippen molar-refractivity contribution in [3.63, 3.8) is 0 Å². The number of carbonyl (C=O) groups excluding carboxylic acids is 2. The predicted octanol–water partition coefficient (Wildman–Crippen LogP) is 5.37. The Kier molecular flexibility index (Phi) is 6.50. The summed E-state index contributed by atoms with van der Waals surface area (Å²) in [5, 5.41) is 2.49. The van der Waals surface area contributed by atoms with Gasteiger partial charge in [-0.1, -0.05) is 48.5 Å². The van der Waals surface area contributed by atoms with E-state index < -0.39 is 5.25 Å². The maximum atomic E-state index is 13.1. The standard InChI is InChI=1S/C23H21NO3S/c1-16(25)18-10-6-11-19(14-18)24-23(26)22(17-8-4-3-5-9-17)28-21-13-7-12-20(15-21)27-2/h3-15,22H,1-2H3,(H,24,26). The van der Waals surface area contributed by atoms with Gasteiger partial charge in [-0.2, -0.15) is 0 Å². The Morgan fingerprint density at radius 2 is 1.68 bits per heavy atom. The van der Waals surface area contributed by atoms with E-state index in [0.29, 0.717) is 11.3 Å². The molecule has 1 atom stereocenters. The molecule has 1 unspecified atom stereocenters. The first-order valence-corrected chi connectivity index (χ1v) is 9.72. The first-order valence-electron chi connectivity index (χ1n) is 8.84. The number of ketones is 1. The fraction of sp³-hybridized carbons (Fsp3) is 0.130. The molecule has 0 fully saturated rings. The molecule has 28 heavy (non-hydrogen) atoms. The van der Waals surface area contributed by atoms with Crippen molar-refractivity contribution in [3.05, 3.63) is 90.0 Å². The van der Waals surface area contributed by atoms with Crippen LogP contribution in [0.15, 0.2) is 83.8 Å². The molecule has 0 aliphatic carbocycles. The maximum Gasteiger partial charge on any atom is 0.242 e. The highest BCUT2D eigenvalue weighted by Crippen LogP contribution is 2.37. The van der Waals surface area contributed by atoms with Crippen molar-refractivity contribution in [3.8, 4) is 5.75 Å². The van der Waals surface area contributed by atoms with E-state index >= 15 is 0 Å². The SMILES string of the molecule is COc1cccc(SC(C(=O)Nc2cccc(C(C)=O)c2)c2ccccc2)c1. The van der Waals surface area contributed by atoms with Crippen LogP contribution in [0.1, 0.15) is 28.1 Å². The van der Waals surface area contributed by atoms with Crippen LogP contribution in [0.3, 0.4) is 0 Å². The summed E-state index contributed by atoms with van der Waals surface area (Å²) in [5.74, 6) is 0.549. The van der Waals surface area contributed by atoms with Gasteiger partial charge >= 0.3 is 0 Å². The summed E-state index contributed by atoms with van der Waals surface area (Å²) < 4.78 is 5.29. The fourth-order valence-electron chi connectivity index (χ4n) is 2.74. The van der Waals surface area contributed by atoms with Crippen LogP contribution >= 0.6 is 11.8 Å². The number of carbonyl (C=O) groups is 2. The van der Waals surface area contributed by atoms with Crippen LogP contribution < -0.4 is 10.1 Å². The summed E-state index contributed by atoms with van der Waals surface area (Å²) in [6.45, 7) is 1.51. The van der Waals surface area contributed by atoms with E-state index in [9.17, 15) is 9.59 Å². The van der Waals surface area contributed by atoms with Gasteiger partial charge in [0.2, 0.25) is 5.91 Å². The van der Waals surface area contributed by atoms with Crippen molar-refractivity contribution in [1.29, 1.82) is 0 Å². The van der Waals surface area contributed by atoms with Crippen LogP contribution in [0, 0.1) is 0 Å². The first kappa shape index (κ1) is 19.7. The molecule has 0 bridgehead atoms. The molecule has 0 aromatic heterocycles. The van der Waals surface area contributed by atoms with Crippen molar-refractivity contribution in [2.24, 2.45) is 0 Å².